The summed E-state index contributed by atoms with van der Waals surface area (Å²) in [6, 6.07) is 11.2. The van der Waals surface area contributed by atoms with Gasteiger partial charge in [-0.3, -0.25) is 14.4 Å². The van der Waals surface area contributed by atoms with Crippen LogP contribution in [0.5, 0.6) is 11.5 Å². The summed E-state index contributed by atoms with van der Waals surface area (Å²) < 4.78 is 24.9. The smallest absolute Gasteiger partial charge is 0.270 e. The third-order valence-corrected chi connectivity index (χ3v) is 7.93. The molecule has 0 radical (unpaired) electrons. The van der Waals surface area contributed by atoms with Crippen LogP contribution in [0.4, 0.5) is 4.39 Å². The van der Waals surface area contributed by atoms with E-state index in [9.17, 15) is 23.9 Å². The van der Waals surface area contributed by atoms with Gasteiger partial charge in [0.1, 0.15) is 29.1 Å². The van der Waals surface area contributed by atoms with Crippen molar-refractivity contribution in [1.29, 1.82) is 0 Å². The van der Waals surface area contributed by atoms with Gasteiger partial charge in [0, 0.05) is 30.0 Å². The molecule has 10 nitrogen and oxygen atoms in total. The summed E-state index contributed by atoms with van der Waals surface area (Å²) in [6.07, 6.45) is 2.69. The minimum atomic E-state index is -0.905. The Hall–Kier alpha value is -4.25. The molecular weight excluding hydrogens is 543 g/mol. The Morgan fingerprint density at radius 1 is 1.14 bits per heavy atom. The molecule has 3 atom stereocenters. The zero-order valence-electron chi connectivity index (χ0n) is 23.6. The number of aromatic nitrogens is 1. The molecule has 0 unspecified atom stereocenters. The molecule has 0 bridgehead atoms. The average Bonchev–Trinajstić information content (AvgIpc) is 3.36. The van der Waals surface area contributed by atoms with E-state index in [0.29, 0.717) is 34.9 Å². The molecule has 2 fully saturated rings. The lowest BCUT2D eigenvalue weighted by atomic mass is 9.86. The summed E-state index contributed by atoms with van der Waals surface area (Å²) in [5.41, 5.74) is 1.29. The molecule has 1 saturated heterocycles. The van der Waals surface area contributed by atoms with Gasteiger partial charge in [-0.2, -0.15) is 0 Å². The minimum Gasteiger partial charge on any atom is -0.497 e. The average molecular weight is 579 g/mol. The van der Waals surface area contributed by atoms with Crippen LogP contribution in [0.25, 0.3) is 10.9 Å². The maximum absolute atomic E-state index is 13.4. The van der Waals surface area contributed by atoms with E-state index < -0.39 is 41.7 Å². The third kappa shape index (κ3) is 6.62. The number of aliphatic hydroxyl groups excluding tert-OH is 1. The molecule has 2 heterocycles. The lowest BCUT2D eigenvalue weighted by molar-refractivity contribution is -0.138. The highest BCUT2D eigenvalue weighted by molar-refractivity contribution is 5.97. The number of hydrogen-bond acceptors (Lipinski definition) is 7. The molecule has 42 heavy (non-hydrogen) atoms. The number of pyridine rings is 1. The molecule has 1 saturated carbocycles. The molecule has 5 rings (SSSR count). The van der Waals surface area contributed by atoms with Crippen LogP contribution in [0.1, 0.15) is 54.7 Å². The molecule has 0 spiro atoms. The van der Waals surface area contributed by atoms with E-state index in [1.807, 2.05) is 13.0 Å². The number of methoxy groups -OCH3 is 1. The number of amides is 3. The monoisotopic (exact) mass is 578 g/mol. The van der Waals surface area contributed by atoms with Gasteiger partial charge in [0.25, 0.3) is 5.91 Å². The predicted molar refractivity (Wildman–Crippen MR) is 153 cm³/mol. The Balaban J connectivity index is 1.21. The van der Waals surface area contributed by atoms with E-state index in [4.69, 9.17) is 9.47 Å². The second-order valence-corrected chi connectivity index (χ2v) is 10.9. The zero-order valence-corrected chi connectivity index (χ0v) is 23.6. The fourth-order valence-corrected chi connectivity index (χ4v) is 5.29. The van der Waals surface area contributed by atoms with Gasteiger partial charge >= 0.3 is 0 Å². The van der Waals surface area contributed by atoms with Crippen molar-refractivity contribution in [1.82, 2.24) is 20.5 Å². The number of nitrogens with zero attached hydrogens (tertiary/aromatic N) is 2. The molecule has 1 aliphatic heterocycles. The molecular formula is C31H35FN4O6. The minimum absolute atomic E-state index is 0.0285. The molecule has 11 heteroatoms. The van der Waals surface area contributed by atoms with Gasteiger partial charge in [0.05, 0.1) is 37.9 Å². The van der Waals surface area contributed by atoms with E-state index in [2.05, 4.69) is 15.6 Å². The lowest BCUT2D eigenvalue weighted by Crippen LogP contribution is -2.49. The van der Waals surface area contributed by atoms with Crippen molar-refractivity contribution in [3.8, 4) is 11.5 Å². The highest BCUT2D eigenvalue weighted by atomic mass is 19.1. The maximum Gasteiger partial charge on any atom is 0.270 e. The highest BCUT2D eigenvalue weighted by Crippen LogP contribution is 2.33. The number of fused-ring (bicyclic) bond motifs is 1. The van der Waals surface area contributed by atoms with Gasteiger partial charge in [0.2, 0.25) is 11.8 Å². The van der Waals surface area contributed by atoms with Crippen LogP contribution in [0.2, 0.25) is 0 Å². The SMILES string of the molecule is COc1ccc([C@H](C)NC(=O)[C@@H]2C[C@@H](O)CN2C(=O)CNC(=O)c2ccc3cc(F)ccc3n2)c(OCC2CCC2)c1. The molecule has 3 aromatic rings. The fraction of sp³-hybridized carbons (Fsp3) is 0.419. The largest absolute Gasteiger partial charge is 0.497 e. The van der Waals surface area contributed by atoms with E-state index in [0.717, 1.165) is 18.4 Å². The van der Waals surface area contributed by atoms with Crippen LogP contribution in [0.3, 0.4) is 0 Å². The number of rotatable bonds is 10. The van der Waals surface area contributed by atoms with E-state index >= 15 is 0 Å². The van der Waals surface area contributed by atoms with Crippen molar-refractivity contribution in [2.45, 2.75) is 50.8 Å². The summed E-state index contributed by atoms with van der Waals surface area (Å²) in [6.45, 7) is 2.01. The van der Waals surface area contributed by atoms with Crippen LogP contribution in [-0.4, -0.2) is 71.7 Å². The third-order valence-electron chi connectivity index (χ3n) is 7.93. The molecule has 1 aliphatic carbocycles. The number of benzene rings is 2. The Labute approximate surface area is 243 Å². The lowest BCUT2D eigenvalue weighted by Gasteiger charge is -2.28. The summed E-state index contributed by atoms with van der Waals surface area (Å²) in [5.74, 6) is -0.120. The molecule has 3 N–H and O–H groups in total. The van der Waals surface area contributed by atoms with Gasteiger partial charge in [-0.05, 0) is 62.1 Å². The topological polar surface area (TPSA) is 130 Å². The molecule has 222 valence electrons. The van der Waals surface area contributed by atoms with Crippen molar-refractivity contribution in [3.05, 3.63) is 65.6 Å². The predicted octanol–water partition coefficient (Wildman–Crippen LogP) is 3.13. The quantitative estimate of drug-likeness (QED) is 0.337. The van der Waals surface area contributed by atoms with Crippen LogP contribution in [0.15, 0.2) is 48.5 Å². The van der Waals surface area contributed by atoms with Gasteiger partial charge in [-0.1, -0.05) is 12.5 Å². The Morgan fingerprint density at radius 3 is 2.69 bits per heavy atom. The van der Waals surface area contributed by atoms with Crippen molar-refractivity contribution in [2.75, 3.05) is 26.8 Å². The number of hydrogen-bond donors (Lipinski definition) is 3. The van der Waals surface area contributed by atoms with Crippen LogP contribution in [0, 0.1) is 11.7 Å². The first-order chi connectivity index (χ1) is 20.2. The Kier molecular flexibility index (Phi) is 8.86. The van der Waals surface area contributed by atoms with E-state index in [1.165, 1.54) is 35.6 Å². The molecule has 3 amide bonds. The van der Waals surface area contributed by atoms with Crippen molar-refractivity contribution >= 4 is 28.6 Å². The standard InChI is InChI=1S/C31H35FN4O6/c1-18(24-9-8-23(41-2)14-28(24)42-17-19-4-3-5-19)34-31(40)27-13-22(37)16-36(27)29(38)15-33-30(39)26-10-6-20-12-21(32)7-11-25(20)35-26/h6-12,14,18-19,22,27,37H,3-5,13,15-17H2,1-2H3,(H,33,39)(H,34,40)/t18-,22+,27-/m0/s1. The Bertz CT molecular complexity index is 1480. The van der Waals surface area contributed by atoms with Gasteiger partial charge in [-0.15, -0.1) is 0 Å². The van der Waals surface area contributed by atoms with Crippen molar-refractivity contribution in [3.63, 3.8) is 0 Å². The van der Waals surface area contributed by atoms with Gasteiger partial charge in [0.15, 0.2) is 0 Å². The van der Waals surface area contributed by atoms with Crippen molar-refractivity contribution < 1.29 is 33.4 Å². The number of aliphatic hydroxyl groups is 1. The second kappa shape index (κ2) is 12.7. The molecule has 1 aromatic heterocycles. The van der Waals surface area contributed by atoms with Crippen molar-refractivity contribution in [2.24, 2.45) is 5.92 Å². The first-order valence-corrected chi connectivity index (χ1v) is 14.1. The second-order valence-electron chi connectivity index (χ2n) is 10.9. The van der Waals surface area contributed by atoms with E-state index in [1.54, 1.807) is 25.3 Å². The number of nitrogens with one attached hydrogen (secondary N) is 2. The van der Waals surface area contributed by atoms with Crippen LogP contribution >= 0.6 is 0 Å². The number of carbonyl (C=O) groups is 3. The maximum atomic E-state index is 13.4. The van der Waals surface area contributed by atoms with Gasteiger partial charge < -0.3 is 30.1 Å². The first-order valence-electron chi connectivity index (χ1n) is 14.1. The molecule has 2 aromatic carbocycles. The Morgan fingerprint density at radius 2 is 1.95 bits per heavy atom. The summed E-state index contributed by atoms with van der Waals surface area (Å²) >= 11 is 0. The highest BCUT2D eigenvalue weighted by Gasteiger charge is 2.39. The van der Waals surface area contributed by atoms with Crippen LogP contribution in [-0.2, 0) is 9.59 Å². The van der Waals surface area contributed by atoms with Crippen LogP contribution < -0.4 is 20.1 Å². The zero-order chi connectivity index (χ0) is 29.8. The fourth-order valence-electron chi connectivity index (χ4n) is 5.29. The number of carbonyl (C=O) groups excluding carboxylic acids is 3. The summed E-state index contributed by atoms with van der Waals surface area (Å²) in [5, 5.41) is 16.4. The van der Waals surface area contributed by atoms with E-state index in [-0.39, 0.29) is 25.2 Å². The van der Waals surface area contributed by atoms with Gasteiger partial charge in [-0.25, -0.2) is 9.37 Å². The number of likely N-dealkylation sites (tertiary alicyclic amines) is 1. The number of β-amino-alcohol motifs (C(OH)–C–C–N with tert-alkyl or cyclic N) is 1. The summed E-state index contributed by atoms with van der Waals surface area (Å²) in [7, 11) is 1.58. The summed E-state index contributed by atoms with van der Waals surface area (Å²) in [4.78, 5) is 44.6. The first kappa shape index (κ1) is 29.2. The number of halogens is 1. The normalized spacial score (nSPS) is 19.2. The number of ether oxygens (including phenoxy) is 2. The molecule has 2 aliphatic rings.